The first-order valence-electron chi connectivity index (χ1n) is 6.21. The Morgan fingerprint density at radius 1 is 1.43 bits per heavy atom. The Morgan fingerprint density at radius 2 is 2.24 bits per heavy atom. The minimum atomic E-state index is -3.58. The molecule has 7 heteroatoms. The molecule has 0 aliphatic rings. The number of thiazole rings is 1. The average Bonchev–Trinajstić information content (AvgIpc) is 2.89. The maximum Gasteiger partial charge on any atom is 0.240 e. The third-order valence-electron chi connectivity index (χ3n) is 2.56. The Labute approximate surface area is 128 Å². The van der Waals surface area contributed by atoms with Crippen LogP contribution < -0.4 is 10.5 Å². The molecule has 0 unspecified atom stereocenters. The standard InChI is InChI=1S/C14H15N3O2S2/c1-11-9-16-14(20-11)10-17-21(18,19)13-6-2-4-12(8-13)5-3-7-15/h2,4,6,8-9,17H,7,10,15H2,1H3. The van der Waals surface area contributed by atoms with Gasteiger partial charge in [-0.25, -0.2) is 18.1 Å². The number of sulfonamides is 1. The van der Waals surface area contributed by atoms with E-state index in [-0.39, 0.29) is 18.0 Å². The van der Waals surface area contributed by atoms with Gasteiger partial charge in [-0.1, -0.05) is 17.9 Å². The Kier molecular flexibility index (Phi) is 5.09. The average molecular weight is 321 g/mol. The van der Waals surface area contributed by atoms with E-state index >= 15 is 0 Å². The van der Waals surface area contributed by atoms with Gasteiger partial charge in [0.2, 0.25) is 10.0 Å². The van der Waals surface area contributed by atoms with E-state index in [0.29, 0.717) is 5.56 Å². The summed E-state index contributed by atoms with van der Waals surface area (Å²) < 4.78 is 27.0. The molecule has 110 valence electrons. The number of aromatic nitrogens is 1. The molecule has 0 spiro atoms. The first-order chi connectivity index (χ1) is 10.0. The van der Waals surface area contributed by atoms with E-state index in [0.717, 1.165) is 9.88 Å². The zero-order chi connectivity index (χ0) is 15.3. The van der Waals surface area contributed by atoms with E-state index in [4.69, 9.17) is 5.73 Å². The highest BCUT2D eigenvalue weighted by molar-refractivity contribution is 7.89. The molecule has 0 radical (unpaired) electrons. The maximum atomic E-state index is 12.2. The maximum absolute atomic E-state index is 12.2. The fraction of sp³-hybridized carbons (Fsp3) is 0.214. The summed E-state index contributed by atoms with van der Waals surface area (Å²) in [5.41, 5.74) is 5.92. The topological polar surface area (TPSA) is 85.1 Å². The Hall–Kier alpha value is -1.72. The normalized spacial score (nSPS) is 11.0. The van der Waals surface area contributed by atoms with Crippen LogP contribution in [-0.4, -0.2) is 19.9 Å². The smallest absolute Gasteiger partial charge is 0.240 e. The highest BCUT2D eigenvalue weighted by atomic mass is 32.2. The predicted octanol–water partition coefficient (Wildman–Crippen LogP) is 1.24. The minimum Gasteiger partial charge on any atom is -0.320 e. The van der Waals surface area contributed by atoms with Gasteiger partial charge in [0.15, 0.2) is 0 Å². The van der Waals surface area contributed by atoms with E-state index in [1.807, 2.05) is 6.92 Å². The van der Waals surface area contributed by atoms with Gasteiger partial charge in [-0.2, -0.15) is 0 Å². The molecule has 0 aliphatic heterocycles. The summed E-state index contributed by atoms with van der Waals surface area (Å²) in [5, 5.41) is 0.732. The molecule has 2 rings (SSSR count). The van der Waals surface area contributed by atoms with E-state index in [1.165, 1.54) is 23.5 Å². The number of nitrogens with one attached hydrogen (secondary N) is 1. The summed E-state index contributed by atoms with van der Waals surface area (Å²) in [5.74, 6) is 5.51. The van der Waals surface area contributed by atoms with Gasteiger partial charge in [0.1, 0.15) is 5.01 Å². The highest BCUT2D eigenvalue weighted by Gasteiger charge is 2.14. The number of rotatable bonds is 4. The second-order valence-corrected chi connectivity index (χ2v) is 7.31. The molecular formula is C14H15N3O2S2. The number of nitrogens with zero attached hydrogens (tertiary/aromatic N) is 1. The van der Waals surface area contributed by atoms with E-state index < -0.39 is 10.0 Å². The lowest BCUT2D eigenvalue weighted by molar-refractivity contribution is 0.581. The number of hydrogen-bond acceptors (Lipinski definition) is 5. The van der Waals surface area contributed by atoms with Crippen molar-refractivity contribution in [2.75, 3.05) is 6.54 Å². The van der Waals surface area contributed by atoms with E-state index in [2.05, 4.69) is 21.5 Å². The molecule has 1 heterocycles. The molecule has 0 aliphatic carbocycles. The van der Waals surface area contributed by atoms with Crippen molar-refractivity contribution >= 4 is 21.4 Å². The van der Waals surface area contributed by atoms with Crippen LogP contribution in [0.4, 0.5) is 0 Å². The van der Waals surface area contributed by atoms with Gasteiger partial charge in [0.05, 0.1) is 18.0 Å². The van der Waals surface area contributed by atoms with Crippen molar-refractivity contribution in [2.45, 2.75) is 18.4 Å². The molecule has 0 saturated carbocycles. The largest absolute Gasteiger partial charge is 0.320 e. The van der Waals surface area contributed by atoms with Gasteiger partial charge in [-0.3, -0.25) is 0 Å². The lowest BCUT2D eigenvalue weighted by atomic mass is 10.2. The van der Waals surface area contributed by atoms with Gasteiger partial charge >= 0.3 is 0 Å². The molecule has 0 amide bonds. The van der Waals surface area contributed by atoms with Gasteiger partial charge in [0, 0.05) is 16.6 Å². The summed E-state index contributed by atoms with van der Waals surface area (Å²) in [4.78, 5) is 5.35. The molecule has 0 saturated heterocycles. The van der Waals surface area contributed by atoms with Crippen LogP contribution in [0.1, 0.15) is 15.4 Å². The van der Waals surface area contributed by atoms with Crippen LogP contribution in [0.5, 0.6) is 0 Å². The van der Waals surface area contributed by atoms with Gasteiger partial charge in [-0.15, -0.1) is 11.3 Å². The highest BCUT2D eigenvalue weighted by Crippen LogP contribution is 2.14. The van der Waals surface area contributed by atoms with E-state index in [1.54, 1.807) is 18.3 Å². The fourth-order valence-electron chi connectivity index (χ4n) is 1.62. The second-order valence-electron chi connectivity index (χ2n) is 4.22. The third kappa shape index (κ3) is 4.37. The monoisotopic (exact) mass is 321 g/mol. The summed E-state index contributed by atoms with van der Waals surface area (Å²) in [6.45, 7) is 2.34. The van der Waals surface area contributed by atoms with Crippen molar-refractivity contribution in [3.05, 3.63) is 45.9 Å². The van der Waals surface area contributed by atoms with Crippen LogP contribution in [0, 0.1) is 18.8 Å². The molecule has 21 heavy (non-hydrogen) atoms. The fourth-order valence-corrected chi connectivity index (χ4v) is 3.47. The Bertz CT molecular complexity index is 786. The summed E-state index contributed by atoms with van der Waals surface area (Å²) in [6.07, 6.45) is 1.72. The third-order valence-corrected chi connectivity index (χ3v) is 4.87. The van der Waals surface area contributed by atoms with Crippen LogP contribution in [-0.2, 0) is 16.6 Å². The zero-order valence-corrected chi connectivity index (χ0v) is 13.1. The first-order valence-corrected chi connectivity index (χ1v) is 8.51. The summed E-state index contributed by atoms with van der Waals surface area (Å²) >= 11 is 1.46. The quantitative estimate of drug-likeness (QED) is 0.830. The molecule has 0 fully saturated rings. The van der Waals surface area contributed by atoms with Crippen LogP contribution >= 0.6 is 11.3 Å². The summed E-state index contributed by atoms with van der Waals surface area (Å²) in [6, 6.07) is 6.45. The number of hydrogen-bond donors (Lipinski definition) is 2. The van der Waals surface area contributed by atoms with Crippen molar-refractivity contribution < 1.29 is 8.42 Å². The molecule has 1 aromatic carbocycles. The number of nitrogens with two attached hydrogens (primary N) is 1. The SMILES string of the molecule is Cc1cnc(CNS(=O)(=O)c2cccc(C#CCN)c2)s1. The van der Waals surface area contributed by atoms with Crippen molar-refractivity contribution in [1.29, 1.82) is 0 Å². The summed E-state index contributed by atoms with van der Waals surface area (Å²) in [7, 11) is -3.58. The second kappa shape index (κ2) is 6.83. The Balaban J connectivity index is 2.15. The van der Waals surface area contributed by atoms with E-state index in [9.17, 15) is 8.42 Å². The van der Waals surface area contributed by atoms with Crippen LogP contribution in [0.3, 0.4) is 0 Å². The Morgan fingerprint density at radius 3 is 2.90 bits per heavy atom. The molecule has 1 aromatic heterocycles. The number of benzene rings is 1. The van der Waals surface area contributed by atoms with Gasteiger partial charge < -0.3 is 5.73 Å². The molecule has 0 atom stereocenters. The van der Waals surface area contributed by atoms with Crippen LogP contribution in [0.2, 0.25) is 0 Å². The molecular weight excluding hydrogens is 306 g/mol. The predicted molar refractivity (Wildman–Crippen MR) is 83.3 cm³/mol. The lowest BCUT2D eigenvalue weighted by Gasteiger charge is -2.05. The molecule has 3 N–H and O–H groups in total. The number of aryl methyl sites for hydroxylation is 1. The van der Waals surface area contributed by atoms with Crippen LogP contribution in [0.25, 0.3) is 0 Å². The van der Waals surface area contributed by atoms with Crippen molar-refractivity contribution in [2.24, 2.45) is 5.73 Å². The van der Waals surface area contributed by atoms with Gasteiger partial charge in [0.25, 0.3) is 0 Å². The molecule has 5 nitrogen and oxygen atoms in total. The first kappa shape index (κ1) is 15.7. The van der Waals surface area contributed by atoms with Crippen molar-refractivity contribution in [3.63, 3.8) is 0 Å². The van der Waals surface area contributed by atoms with Crippen molar-refractivity contribution in [1.82, 2.24) is 9.71 Å². The van der Waals surface area contributed by atoms with Gasteiger partial charge in [-0.05, 0) is 25.1 Å². The van der Waals surface area contributed by atoms with Crippen molar-refractivity contribution in [3.8, 4) is 11.8 Å². The zero-order valence-electron chi connectivity index (χ0n) is 11.5. The lowest BCUT2D eigenvalue weighted by Crippen LogP contribution is -2.23. The molecule has 0 bridgehead atoms. The molecule has 2 aromatic rings. The van der Waals surface area contributed by atoms with Crippen LogP contribution in [0.15, 0.2) is 35.4 Å². The minimum absolute atomic E-state index is 0.180.